The Balaban J connectivity index is 0. The summed E-state index contributed by atoms with van der Waals surface area (Å²) in [7, 11) is 2.71. The summed E-state index contributed by atoms with van der Waals surface area (Å²) in [6, 6.07) is 10.7. The van der Waals surface area contributed by atoms with Crippen molar-refractivity contribution in [2.75, 3.05) is 53.6 Å². The van der Waals surface area contributed by atoms with Gasteiger partial charge in [-0.2, -0.15) is 27.0 Å². The second-order valence-electron chi connectivity index (χ2n) is 13.4. The van der Waals surface area contributed by atoms with Crippen LogP contribution in [0.5, 0.6) is 5.75 Å². The van der Waals surface area contributed by atoms with Crippen LogP contribution >= 0.6 is 50.2 Å². The number of azide groups is 2. The molecule has 0 unspecified atom stereocenters. The highest BCUT2D eigenvalue weighted by atomic mass is 35.5. The van der Waals surface area contributed by atoms with E-state index >= 15 is 0 Å². The quantitative estimate of drug-likeness (QED) is 0.0203. The van der Waals surface area contributed by atoms with E-state index in [0.29, 0.717) is 11.1 Å². The van der Waals surface area contributed by atoms with E-state index in [1.165, 1.54) is 75.5 Å². The minimum atomic E-state index is -3.37. The number of non-ortho nitro benzene ring substituents is 1. The number of benzene rings is 3. The van der Waals surface area contributed by atoms with Crippen molar-refractivity contribution in [3.8, 4) is 5.75 Å². The number of urea groups is 1. The number of rotatable bonds is 18. The van der Waals surface area contributed by atoms with Crippen LogP contribution in [-0.2, 0) is 17.8 Å². The number of amides is 3. The number of carbonyl (C=O) groups is 2. The van der Waals surface area contributed by atoms with Crippen LogP contribution in [0.3, 0.4) is 0 Å². The van der Waals surface area contributed by atoms with Crippen molar-refractivity contribution in [1.29, 1.82) is 0 Å². The molecule has 19 nitrogen and oxygen atoms in total. The number of nitro benzene ring substituents is 1. The van der Waals surface area contributed by atoms with Gasteiger partial charge in [0.1, 0.15) is 17.4 Å². The Labute approximate surface area is 404 Å². The van der Waals surface area contributed by atoms with Gasteiger partial charge in [-0.1, -0.05) is 57.7 Å². The van der Waals surface area contributed by atoms with Crippen LogP contribution in [0.2, 0.25) is 10.0 Å². The highest BCUT2D eigenvalue weighted by Gasteiger charge is 2.35. The van der Waals surface area contributed by atoms with Crippen LogP contribution < -0.4 is 20.7 Å². The maximum absolute atomic E-state index is 13.6. The third-order valence-corrected chi connectivity index (χ3v) is 9.37. The summed E-state index contributed by atoms with van der Waals surface area (Å²) in [4.78, 5) is 39.0. The Morgan fingerprint density at radius 3 is 1.75 bits per heavy atom. The van der Waals surface area contributed by atoms with Crippen LogP contribution in [0, 0.1) is 21.7 Å². The van der Waals surface area contributed by atoms with E-state index in [1.54, 1.807) is 6.07 Å². The summed E-state index contributed by atoms with van der Waals surface area (Å²) in [5.74, 6) is -7.52. The summed E-state index contributed by atoms with van der Waals surface area (Å²) in [6.07, 6.45) is 0.348. The van der Waals surface area contributed by atoms with Crippen LogP contribution in [0.4, 0.5) is 41.6 Å². The Hall–Kier alpha value is -5.08. The number of hydrogen-bond acceptors (Lipinski definition) is 11. The van der Waals surface area contributed by atoms with E-state index in [1.807, 2.05) is 0 Å². The van der Waals surface area contributed by atoms with E-state index in [-0.39, 0.29) is 68.2 Å². The second kappa shape index (κ2) is 34.2. The van der Waals surface area contributed by atoms with Crippen LogP contribution in [0.1, 0.15) is 36.8 Å². The molecule has 374 valence electrons. The van der Waals surface area contributed by atoms with Gasteiger partial charge in [-0.25, -0.2) is 35.9 Å². The normalized spacial score (nSPS) is 12.3. The minimum absolute atomic E-state index is 0. The minimum Gasteiger partial charge on any atom is -0.410 e. The van der Waals surface area contributed by atoms with Crippen LogP contribution in [0.25, 0.3) is 20.9 Å². The standard InChI is InChI=1S/C14H17ClF3N5O2.C14H10ClFN2O4.C6H12F2N4O.C4H8O.2H2S/c1-23(10(7-24)5-14(17,18)8-21-22-19)13(25)20-6-9-3-2-4-11(16)12(9)15;15-13-9(2-1-3-12(13)16)8-17-14(19)22-11-6-4-10(5-7-11)18(20)21;1-10-5(3-13)2-6(7,8)4-11-12-9;1-2-4-5-3-1;;/h2-4,10,24H,5-8H2,1H3,(H,20,25);1-7H,8H2,(H,17,19);5,10,13H,2-4H2,1H3;1-4H2;2*1H2/t10-;;5-;;;/m0.0.../s1. The molecule has 1 aliphatic rings. The molecule has 1 fully saturated rings. The Morgan fingerprint density at radius 1 is 0.866 bits per heavy atom. The summed E-state index contributed by atoms with van der Waals surface area (Å²) < 4.78 is 89.3. The highest BCUT2D eigenvalue weighted by molar-refractivity contribution is 7.59. The van der Waals surface area contributed by atoms with Gasteiger partial charge in [0.2, 0.25) is 0 Å². The zero-order valence-corrected chi connectivity index (χ0v) is 39.4. The van der Waals surface area contributed by atoms with Crippen molar-refractivity contribution in [1.82, 2.24) is 20.9 Å². The van der Waals surface area contributed by atoms with Crippen LogP contribution in [-0.4, -0.2) is 110 Å². The molecular weight excluding hydrogens is 988 g/mol. The van der Waals surface area contributed by atoms with Crippen molar-refractivity contribution in [3.63, 3.8) is 0 Å². The smallest absolute Gasteiger partial charge is 0.410 e. The van der Waals surface area contributed by atoms with Gasteiger partial charge in [0, 0.05) is 74.2 Å². The lowest BCUT2D eigenvalue weighted by molar-refractivity contribution is -0.384. The first kappa shape index (κ1) is 64.0. The van der Waals surface area contributed by atoms with Crippen molar-refractivity contribution in [2.45, 2.75) is 62.7 Å². The third kappa shape index (κ3) is 26.2. The van der Waals surface area contributed by atoms with E-state index in [0.717, 1.165) is 24.2 Å². The molecule has 0 saturated carbocycles. The number of ether oxygens (including phenoxy) is 2. The van der Waals surface area contributed by atoms with Gasteiger partial charge < -0.3 is 40.5 Å². The molecule has 0 aliphatic carbocycles. The molecule has 1 aliphatic heterocycles. The lowest BCUT2D eigenvalue weighted by atomic mass is 10.1. The van der Waals surface area contributed by atoms with Gasteiger partial charge in [0.05, 0.1) is 47.3 Å². The summed E-state index contributed by atoms with van der Waals surface area (Å²) >= 11 is 11.5. The molecule has 3 aromatic rings. The number of halogens is 8. The molecule has 0 aromatic heterocycles. The molecule has 67 heavy (non-hydrogen) atoms. The number of alkyl halides is 4. The summed E-state index contributed by atoms with van der Waals surface area (Å²) in [5, 5.41) is 41.1. The number of likely N-dealkylation sites (N-methyl/N-ethyl adjacent to an activating group) is 2. The Bertz CT molecular complexity index is 2050. The van der Waals surface area contributed by atoms with E-state index in [4.69, 9.17) is 48.8 Å². The third-order valence-electron chi connectivity index (χ3n) is 8.52. The van der Waals surface area contributed by atoms with Gasteiger partial charge in [-0.15, -0.1) is 0 Å². The molecular formula is C38H51Cl2F6N11O8S2. The molecule has 2 atom stereocenters. The zero-order chi connectivity index (χ0) is 49.0. The van der Waals surface area contributed by atoms with Gasteiger partial charge in [-0.3, -0.25) is 10.1 Å². The number of nitro groups is 1. The van der Waals surface area contributed by atoms with Crippen molar-refractivity contribution >= 4 is 68.0 Å². The molecule has 4 rings (SSSR count). The lowest BCUT2D eigenvalue weighted by Crippen LogP contribution is -2.47. The SMILES string of the molecule is C1CCOC1.CN(C(=O)NCc1cccc(F)c1Cl)[C@H](CO)CC(F)(F)CN=[N+]=[N-].CN[C@H](CO)CC(F)(F)CN=[N+]=[N-].O=C(NCc1cccc(F)c1Cl)Oc1ccc([N+](=O)[O-])cc1.S.S. The summed E-state index contributed by atoms with van der Waals surface area (Å²) in [5.41, 5.74) is 16.6. The second-order valence-corrected chi connectivity index (χ2v) is 14.2. The van der Waals surface area contributed by atoms with Crippen molar-refractivity contribution in [3.05, 3.63) is 124 Å². The first-order valence-corrected chi connectivity index (χ1v) is 19.8. The Morgan fingerprint density at radius 2 is 1.34 bits per heavy atom. The maximum Gasteiger partial charge on any atom is 0.412 e. The number of nitrogens with zero attached hydrogens (tertiary/aromatic N) is 8. The molecule has 0 radical (unpaired) electrons. The molecule has 1 heterocycles. The zero-order valence-electron chi connectivity index (χ0n) is 35.9. The van der Waals surface area contributed by atoms with Crippen molar-refractivity contribution < 1.29 is 60.5 Å². The number of aliphatic hydroxyl groups excluding tert-OH is 2. The number of nitrogens with one attached hydrogen (secondary N) is 3. The number of hydrogen-bond donors (Lipinski definition) is 5. The van der Waals surface area contributed by atoms with Gasteiger partial charge in [0.25, 0.3) is 17.5 Å². The molecule has 5 N–H and O–H groups in total. The molecule has 29 heteroatoms. The van der Waals surface area contributed by atoms with Crippen molar-refractivity contribution in [2.24, 2.45) is 10.2 Å². The number of carbonyl (C=O) groups excluding carboxylic acids is 2. The van der Waals surface area contributed by atoms with E-state index < -0.39 is 85.1 Å². The molecule has 1 saturated heterocycles. The maximum atomic E-state index is 13.6. The number of aliphatic hydroxyl groups is 2. The van der Waals surface area contributed by atoms with Gasteiger partial charge in [-0.05, 0) is 66.3 Å². The predicted octanol–water partition coefficient (Wildman–Crippen LogP) is 8.92. The predicted molar refractivity (Wildman–Crippen MR) is 248 cm³/mol. The average molecular weight is 1040 g/mol. The van der Waals surface area contributed by atoms with Gasteiger partial charge >= 0.3 is 12.1 Å². The molecule has 3 amide bonds. The fourth-order valence-electron chi connectivity index (χ4n) is 4.97. The lowest BCUT2D eigenvalue weighted by Gasteiger charge is -2.29. The monoisotopic (exact) mass is 1040 g/mol. The fraction of sp³-hybridized carbons (Fsp3) is 0.474. The largest absolute Gasteiger partial charge is 0.412 e. The molecule has 3 aromatic carbocycles. The first-order chi connectivity index (χ1) is 30.7. The van der Waals surface area contributed by atoms with Crippen LogP contribution in [0.15, 0.2) is 70.9 Å². The van der Waals surface area contributed by atoms with E-state index in [9.17, 15) is 51.2 Å². The molecule has 0 bridgehead atoms. The first-order valence-electron chi connectivity index (χ1n) is 19.0. The average Bonchev–Trinajstić information content (AvgIpc) is 3.88. The van der Waals surface area contributed by atoms with E-state index in [2.05, 4.69) is 36.0 Å². The molecule has 0 spiro atoms. The topological polar surface area (TPSA) is 273 Å². The Kier molecular flexibility index (Phi) is 32.7. The highest BCUT2D eigenvalue weighted by Crippen LogP contribution is 2.25. The fourth-order valence-corrected chi connectivity index (χ4v) is 5.36. The van der Waals surface area contributed by atoms with Gasteiger partial charge in [0.15, 0.2) is 0 Å². The summed E-state index contributed by atoms with van der Waals surface area (Å²) in [6.45, 7) is -1.16.